The summed E-state index contributed by atoms with van der Waals surface area (Å²) >= 11 is 0. The van der Waals surface area contributed by atoms with Gasteiger partial charge in [0.25, 0.3) is 0 Å². The Morgan fingerprint density at radius 1 is 1.09 bits per heavy atom. The lowest BCUT2D eigenvalue weighted by Crippen LogP contribution is -2.39. The lowest BCUT2D eigenvalue weighted by molar-refractivity contribution is 0.265. The normalized spacial score (nSPS) is 17.3. The number of methoxy groups -OCH3 is 2. The molecule has 0 saturated carbocycles. The molecule has 4 rings (SSSR count). The number of rotatable bonds is 7. The Balaban J connectivity index is 1.56. The lowest BCUT2D eigenvalue weighted by atomic mass is 10.00. The van der Waals surface area contributed by atoms with Crippen LogP contribution in [0.4, 0.5) is 0 Å². The van der Waals surface area contributed by atoms with Gasteiger partial charge < -0.3 is 14.0 Å². The molecule has 33 heavy (non-hydrogen) atoms. The number of sulfonamides is 1. The Morgan fingerprint density at radius 2 is 1.85 bits per heavy atom. The van der Waals surface area contributed by atoms with Gasteiger partial charge in [0, 0.05) is 13.1 Å². The number of ether oxygens (including phenoxy) is 2. The van der Waals surface area contributed by atoms with Crippen molar-refractivity contribution < 1.29 is 22.4 Å². The van der Waals surface area contributed by atoms with Crippen LogP contribution < -0.4 is 9.47 Å². The number of para-hydroxylation sites is 1. The van der Waals surface area contributed by atoms with Crippen molar-refractivity contribution in [3.63, 3.8) is 0 Å². The maximum atomic E-state index is 13.3. The first-order valence-electron chi connectivity index (χ1n) is 11.0. The van der Waals surface area contributed by atoms with E-state index in [1.165, 1.54) is 4.31 Å². The molecule has 3 aromatic rings. The molecule has 1 atom stereocenters. The third-order valence-corrected chi connectivity index (χ3v) is 7.88. The van der Waals surface area contributed by atoms with Crippen molar-refractivity contribution >= 4 is 10.0 Å². The van der Waals surface area contributed by atoms with Gasteiger partial charge in [-0.05, 0) is 48.6 Å². The van der Waals surface area contributed by atoms with Gasteiger partial charge in [-0.25, -0.2) is 8.42 Å². The number of piperidine rings is 1. The molecule has 1 fully saturated rings. The first-order valence-corrected chi connectivity index (χ1v) is 12.4. The summed E-state index contributed by atoms with van der Waals surface area (Å²) in [6.07, 6.45) is 1.49. The fourth-order valence-electron chi connectivity index (χ4n) is 4.11. The van der Waals surface area contributed by atoms with Crippen LogP contribution in [0.25, 0.3) is 11.4 Å². The van der Waals surface area contributed by atoms with Gasteiger partial charge in [-0.2, -0.15) is 9.29 Å². The molecule has 2 heterocycles. The van der Waals surface area contributed by atoms with Gasteiger partial charge in [0.15, 0.2) is 11.5 Å². The van der Waals surface area contributed by atoms with Gasteiger partial charge >= 0.3 is 0 Å². The third-order valence-electron chi connectivity index (χ3n) is 6.00. The molecule has 2 aromatic carbocycles. The zero-order valence-electron chi connectivity index (χ0n) is 19.3. The second kappa shape index (κ2) is 9.52. The van der Waals surface area contributed by atoms with Crippen LogP contribution in [0.15, 0.2) is 51.9 Å². The summed E-state index contributed by atoms with van der Waals surface area (Å²) in [6, 6.07) is 12.6. The number of nitrogens with zero attached hydrogens (tertiary/aromatic N) is 3. The van der Waals surface area contributed by atoms with Crippen molar-refractivity contribution in [2.75, 3.05) is 27.3 Å². The van der Waals surface area contributed by atoms with Crippen LogP contribution in [0.2, 0.25) is 0 Å². The van der Waals surface area contributed by atoms with Crippen LogP contribution in [0.5, 0.6) is 11.5 Å². The van der Waals surface area contributed by atoms with Crippen LogP contribution in [0.3, 0.4) is 0 Å². The van der Waals surface area contributed by atoms with Gasteiger partial charge in [-0.3, -0.25) is 0 Å². The minimum atomic E-state index is -3.60. The number of aromatic nitrogens is 2. The van der Waals surface area contributed by atoms with Crippen LogP contribution in [0, 0.1) is 0 Å². The highest BCUT2D eigenvalue weighted by molar-refractivity contribution is 7.89. The highest BCUT2D eigenvalue weighted by Gasteiger charge is 2.33. The fourth-order valence-corrected chi connectivity index (χ4v) is 5.63. The van der Waals surface area contributed by atoms with Crippen molar-refractivity contribution in [2.45, 2.75) is 43.4 Å². The summed E-state index contributed by atoms with van der Waals surface area (Å²) in [5, 5.41) is 4.13. The van der Waals surface area contributed by atoms with E-state index < -0.39 is 10.0 Å². The summed E-state index contributed by atoms with van der Waals surface area (Å²) in [5.74, 6) is 2.05. The second-order valence-corrected chi connectivity index (χ2v) is 10.4. The molecule has 176 valence electrons. The average molecular weight is 472 g/mol. The van der Waals surface area contributed by atoms with Crippen LogP contribution >= 0.6 is 0 Å². The van der Waals surface area contributed by atoms with Gasteiger partial charge in [0.2, 0.25) is 21.7 Å². The van der Waals surface area contributed by atoms with Crippen LogP contribution in [0.1, 0.15) is 50.0 Å². The van der Waals surface area contributed by atoms with E-state index in [-0.39, 0.29) is 5.92 Å². The SMILES string of the molecule is COc1cccc(-c2noc(C3CCCN(S(=O)(=O)c4ccc(C(C)C)cc4)C3)n2)c1OC. The van der Waals surface area contributed by atoms with E-state index in [0.717, 1.165) is 12.0 Å². The largest absolute Gasteiger partial charge is 0.493 e. The highest BCUT2D eigenvalue weighted by Crippen LogP contribution is 2.37. The number of hydrogen-bond acceptors (Lipinski definition) is 7. The minimum absolute atomic E-state index is 0.179. The summed E-state index contributed by atoms with van der Waals surface area (Å²) in [6.45, 7) is 4.93. The molecule has 8 nitrogen and oxygen atoms in total. The Bertz CT molecular complexity index is 1210. The maximum absolute atomic E-state index is 13.3. The molecule has 1 aromatic heterocycles. The van der Waals surface area contributed by atoms with E-state index >= 15 is 0 Å². The van der Waals surface area contributed by atoms with Crippen molar-refractivity contribution in [1.29, 1.82) is 0 Å². The smallest absolute Gasteiger partial charge is 0.243 e. The molecule has 0 spiro atoms. The summed E-state index contributed by atoms with van der Waals surface area (Å²) in [7, 11) is -0.482. The van der Waals surface area contributed by atoms with Crippen LogP contribution in [-0.4, -0.2) is 50.2 Å². The van der Waals surface area contributed by atoms with Gasteiger partial charge in [0.1, 0.15) is 0 Å². The Kier molecular flexibility index (Phi) is 6.71. The van der Waals surface area contributed by atoms with E-state index in [9.17, 15) is 8.42 Å². The molecule has 1 aliphatic rings. The van der Waals surface area contributed by atoms with E-state index in [0.29, 0.717) is 59.1 Å². The molecule has 0 amide bonds. The first kappa shape index (κ1) is 23.3. The van der Waals surface area contributed by atoms with E-state index in [4.69, 9.17) is 14.0 Å². The minimum Gasteiger partial charge on any atom is -0.493 e. The second-order valence-electron chi connectivity index (χ2n) is 8.42. The molecular weight excluding hydrogens is 442 g/mol. The maximum Gasteiger partial charge on any atom is 0.243 e. The van der Waals surface area contributed by atoms with Crippen molar-refractivity contribution in [3.8, 4) is 22.9 Å². The summed E-state index contributed by atoms with van der Waals surface area (Å²) in [5.41, 5.74) is 1.76. The Hall–Kier alpha value is -2.91. The average Bonchev–Trinajstić information content (AvgIpc) is 3.33. The Labute approximate surface area is 194 Å². The molecule has 0 radical (unpaired) electrons. The molecule has 1 aliphatic heterocycles. The topological polar surface area (TPSA) is 94.8 Å². The van der Waals surface area contributed by atoms with Gasteiger partial charge in [0.05, 0.1) is 30.6 Å². The monoisotopic (exact) mass is 471 g/mol. The van der Waals surface area contributed by atoms with Crippen molar-refractivity contribution in [2.24, 2.45) is 0 Å². The van der Waals surface area contributed by atoms with Gasteiger partial charge in [-0.15, -0.1) is 0 Å². The van der Waals surface area contributed by atoms with E-state index in [2.05, 4.69) is 24.0 Å². The summed E-state index contributed by atoms with van der Waals surface area (Å²) in [4.78, 5) is 4.88. The summed E-state index contributed by atoms with van der Waals surface area (Å²) < 4.78 is 44.4. The number of hydrogen-bond donors (Lipinski definition) is 0. The lowest BCUT2D eigenvalue weighted by Gasteiger charge is -2.30. The molecule has 0 aliphatic carbocycles. The molecule has 9 heteroatoms. The molecular formula is C24H29N3O5S. The Morgan fingerprint density at radius 3 is 2.52 bits per heavy atom. The first-order chi connectivity index (χ1) is 15.8. The zero-order valence-corrected chi connectivity index (χ0v) is 20.1. The third kappa shape index (κ3) is 4.60. The van der Waals surface area contributed by atoms with E-state index in [1.807, 2.05) is 24.3 Å². The predicted octanol–water partition coefficient (Wildman–Crippen LogP) is 4.45. The molecule has 1 unspecified atom stereocenters. The number of benzene rings is 2. The molecule has 0 bridgehead atoms. The quantitative estimate of drug-likeness (QED) is 0.502. The van der Waals surface area contributed by atoms with Gasteiger partial charge in [-0.1, -0.05) is 37.2 Å². The molecule has 0 N–H and O–H groups in total. The standard InChI is InChI=1S/C24H29N3O5S/c1-16(2)17-10-12-19(13-11-17)33(28,29)27-14-6-7-18(15-27)24-25-23(26-32-24)20-8-5-9-21(30-3)22(20)31-4/h5,8-13,16,18H,6-7,14-15H2,1-4H3. The van der Waals surface area contributed by atoms with Crippen LogP contribution in [-0.2, 0) is 10.0 Å². The fraction of sp³-hybridized carbons (Fsp3) is 0.417. The van der Waals surface area contributed by atoms with E-state index in [1.54, 1.807) is 32.4 Å². The highest BCUT2D eigenvalue weighted by atomic mass is 32.2. The van der Waals surface area contributed by atoms with Crippen molar-refractivity contribution in [3.05, 3.63) is 53.9 Å². The predicted molar refractivity (Wildman–Crippen MR) is 124 cm³/mol. The molecule has 1 saturated heterocycles. The van der Waals surface area contributed by atoms with Crippen molar-refractivity contribution in [1.82, 2.24) is 14.4 Å². The zero-order chi connectivity index (χ0) is 23.6.